The summed E-state index contributed by atoms with van der Waals surface area (Å²) in [7, 11) is 0. The van der Waals surface area contributed by atoms with Crippen LogP contribution in [-0.4, -0.2) is 20.5 Å². The number of rotatable bonds is 3. The zero-order chi connectivity index (χ0) is 14.8. The van der Waals surface area contributed by atoms with Gasteiger partial charge in [-0.25, -0.2) is 9.50 Å². The molecule has 1 aliphatic carbocycles. The van der Waals surface area contributed by atoms with Gasteiger partial charge in [0.2, 0.25) is 5.91 Å². The Labute approximate surface area is 124 Å². The van der Waals surface area contributed by atoms with Crippen molar-refractivity contribution in [2.75, 3.05) is 5.32 Å². The molecule has 1 aliphatic rings. The Hall–Kier alpha value is -1.91. The van der Waals surface area contributed by atoms with Crippen molar-refractivity contribution in [3.8, 4) is 0 Å². The number of hydrogen-bond donors (Lipinski definition) is 1. The van der Waals surface area contributed by atoms with Crippen LogP contribution in [0.25, 0.3) is 5.65 Å². The lowest BCUT2D eigenvalue weighted by Crippen LogP contribution is -2.18. The van der Waals surface area contributed by atoms with Crippen LogP contribution in [0.5, 0.6) is 0 Å². The summed E-state index contributed by atoms with van der Waals surface area (Å²) in [4.78, 5) is 16.5. The summed E-state index contributed by atoms with van der Waals surface area (Å²) in [6.07, 6.45) is 8.69. The number of aryl methyl sites for hydroxylation is 2. The van der Waals surface area contributed by atoms with Crippen molar-refractivity contribution < 1.29 is 4.79 Å². The van der Waals surface area contributed by atoms with E-state index in [0.717, 1.165) is 22.7 Å². The van der Waals surface area contributed by atoms with Crippen molar-refractivity contribution in [3.05, 3.63) is 23.7 Å². The fourth-order valence-corrected chi connectivity index (χ4v) is 3.19. The number of aromatic nitrogens is 3. The maximum absolute atomic E-state index is 12.2. The summed E-state index contributed by atoms with van der Waals surface area (Å²) in [5, 5.41) is 7.32. The average molecular weight is 286 g/mol. The molecule has 21 heavy (non-hydrogen) atoms. The molecule has 5 heteroatoms. The highest BCUT2D eigenvalue weighted by Gasteiger charge is 2.17. The lowest BCUT2D eigenvalue weighted by molar-refractivity contribution is -0.117. The number of amides is 1. The Bertz CT molecular complexity index is 656. The van der Waals surface area contributed by atoms with Crippen LogP contribution in [0.15, 0.2) is 12.3 Å². The van der Waals surface area contributed by atoms with E-state index in [2.05, 4.69) is 15.4 Å². The van der Waals surface area contributed by atoms with E-state index >= 15 is 0 Å². The van der Waals surface area contributed by atoms with Gasteiger partial charge in [-0.2, -0.15) is 5.10 Å². The minimum Gasteiger partial charge on any atom is -0.325 e. The molecular formula is C16H22N4O. The third-order valence-corrected chi connectivity index (χ3v) is 4.21. The van der Waals surface area contributed by atoms with Gasteiger partial charge in [0.1, 0.15) is 5.82 Å². The smallest absolute Gasteiger partial charge is 0.224 e. The molecule has 2 heterocycles. The number of nitrogens with one attached hydrogen (secondary N) is 1. The molecule has 0 aliphatic heterocycles. The molecule has 3 rings (SSSR count). The van der Waals surface area contributed by atoms with E-state index in [1.807, 2.05) is 26.1 Å². The number of carbonyl (C=O) groups excluding carboxylic acids is 1. The van der Waals surface area contributed by atoms with Gasteiger partial charge in [0, 0.05) is 6.42 Å². The Morgan fingerprint density at radius 2 is 2.10 bits per heavy atom. The quantitative estimate of drug-likeness (QED) is 0.942. The molecule has 1 amide bonds. The number of fused-ring (bicyclic) bond motifs is 1. The minimum absolute atomic E-state index is 0.109. The average Bonchev–Trinajstić information content (AvgIpc) is 2.81. The van der Waals surface area contributed by atoms with Crippen LogP contribution in [0.4, 0.5) is 5.69 Å². The van der Waals surface area contributed by atoms with Crippen molar-refractivity contribution in [2.45, 2.75) is 52.4 Å². The number of anilines is 1. The first-order valence-electron chi connectivity index (χ1n) is 7.75. The van der Waals surface area contributed by atoms with E-state index in [9.17, 15) is 4.79 Å². The summed E-state index contributed by atoms with van der Waals surface area (Å²) in [6.45, 7) is 3.86. The molecule has 5 nitrogen and oxygen atoms in total. The van der Waals surface area contributed by atoms with Crippen LogP contribution in [0.2, 0.25) is 0 Å². The Kier molecular flexibility index (Phi) is 3.90. The highest BCUT2D eigenvalue weighted by atomic mass is 16.1. The highest BCUT2D eigenvalue weighted by Crippen LogP contribution is 2.26. The predicted molar refractivity (Wildman–Crippen MR) is 82.3 cm³/mol. The first-order valence-corrected chi connectivity index (χ1v) is 7.75. The normalized spacial score (nSPS) is 16.3. The van der Waals surface area contributed by atoms with Crippen molar-refractivity contribution in [3.63, 3.8) is 0 Å². The lowest BCUT2D eigenvalue weighted by atomic mass is 9.87. The monoisotopic (exact) mass is 286 g/mol. The van der Waals surface area contributed by atoms with Gasteiger partial charge >= 0.3 is 0 Å². The summed E-state index contributed by atoms with van der Waals surface area (Å²) in [6, 6.07) is 1.96. The SMILES string of the molecule is Cc1nc2c(C)cc(NC(=O)CC3CCCCC3)cn2n1. The van der Waals surface area contributed by atoms with E-state index in [-0.39, 0.29) is 5.91 Å². The van der Waals surface area contributed by atoms with Gasteiger partial charge in [0.25, 0.3) is 0 Å². The van der Waals surface area contributed by atoms with Crippen LogP contribution in [0.1, 0.15) is 49.9 Å². The van der Waals surface area contributed by atoms with Crippen molar-refractivity contribution in [1.29, 1.82) is 0 Å². The molecule has 0 bridgehead atoms. The largest absolute Gasteiger partial charge is 0.325 e. The topological polar surface area (TPSA) is 59.3 Å². The lowest BCUT2D eigenvalue weighted by Gasteiger charge is -2.20. The van der Waals surface area contributed by atoms with Gasteiger partial charge in [-0.15, -0.1) is 0 Å². The summed E-state index contributed by atoms with van der Waals surface area (Å²) in [5.41, 5.74) is 2.66. The molecule has 1 saturated carbocycles. The molecule has 2 aromatic heterocycles. The van der Waals surface area contributed by atoms with Crippen molar-refractivity contribution >= 4 is 17.2 Å². The second kappa shape index (κ2) is 5.84. The Morgan fingerprint density at radius 3 is 2.86 bits per heavy atom. The summed E-state index contributed by atoms with van der Waals surface area (Å²) in [5.74, 6) is 1.40. The minimum atomic E-state index is 0.109. The molecule has 0 spiro atoms. The van der Waals surface area contributed by atoms with Gasteiger partial charge in [-0.1, -0.05) is 19.3 Å². The van der Waals surface area contributed by atoms with Crippen LogP contribution >= 0.6 is 0 Å². The van der Waals surface area contributed by atoms with E-state index in [1.165, 1.54) is 32.1 Å². The predicted octanol–water partition coefficient (Wildman–Crippen LogP) is 3.26. The van der Waals surface area contributed by atoms with E-state index in [0.29, 0.717) is 12.3 Å². The molecule has 0 saturated heterocycles. The van der Waals surface area contributed by atoms with Crippen LogP contribution in [-0.2, 0) is 4.79 Å². The third-order valence-electron chi connectivity index (χ3n) is 4.21. The molecule has 0 radical (unpaired) electrons. The molecule has 112 valence electrons. The van der Waals surface area contributed by atoms with Crippen LogP contribution in [0.3, 0.4) is 0 Å². The first kappa shape index (κ1) is 14.0. The number of pyridine rings is 1. The van der Waals surface area contributed by atoms with Crippen LogP contribution in [0, 0.1) is 19.8 Å². The standard InChI is InChI=1S/C16H22N4O/c1-11-8-14(10-20-16(11)17-12(2)19-20)18-15(21)9-13-6-4-3-5-7-13/h8,10,13H,3-7,9H2,1-2H3,(H,18,21). The van der Waals surface area contributed by atoms with Gasteiger partial charge in [-0.05, 0) is 44.2 Å². The van der Waals surface area contributed by atoms with Crippen molar-refractivity contribution in [1.82, 2.24) is 14.6 Å². The van der Waals surface area contributed by atoms with E-state index in [4.69, 9.17) is 0 Å². The fourth-order valence-electron chi connectivity index (χ4n) is 3.19. The number of carbonyl (C=O) groups is 1. The summed E-state index contributed by atoms with van der Waals surface area (Å²) >= 11 is 0. The molecule has 0 atom stereocenters. The fraction of sp³-hybridized carbons (Fsp3) is 0.562. The first-order chi connectivity index (χ1) is 10.1. The molecule has 1 fully saturated rings. The van der Waals surface area contributed by atoms with Gasteiger partial charge in [-0.3, -0.25) is 4.79 Å². The van der Waals surface area contributed by atoms with Crippen LogP contribution < -0.4 is 5.32 Å². The molecule has 0 aromatic carbocycles. The maximum atomic E-state index is 12.2. The second-order valence-electron chi connectivity index (χ2n) is 6.10. The zero-order valence-corrected chi connectivity index (χ0v) is 12.7. The highest BCUT2D eigenvalue weighted by molar-refractivity contribution is 5.91. The maximum Gasteiger partial charge on any atom is 0.224 e. The van der Waals surface area contributed by atoms with Gasteiger partial charge < -0.3 is 5.32 Å². The van der Waals surface area contributed by atoms with Gasteiger partial charge in [0.15, 0.2) is 5.65 Å². The second-order valence-corrected chi connectivity index (χ2v) is 6.10. The Morgan fingerprint density at radius 1 is 1.33 bits per heavy atom. The number of hydrogen-bond acceptors (Lipinski definition) is 3. The summed E-state index contributed by atoms with van der Waals surface area (Å²) < 4.78 is 1.74. The molecule has 1 N–H and O–H groups in total. The van der Waals surface area contributed by atoms with Crippen molar-refractivity contribution in [2.24, 2.45) is 5.92 Å². The molecular weight excluding hydrogens is 264 g/mol. The van der Waals surface area contributed by atoms with E-state index < -0.39 is 0 Å². The van der Waals surface area contributed by atoms with E-state index in [1.54, 1.807) is 4.52 Å². The zero-order valence-electron chi connectivity index (χ0n) is 12.7. The van der Waals surface area contributed by atoms with Gasteiger partial charge in [0.05, 0.1) is 11.9 Å². The third kappa shape index (κ3) is 3.23. The molecule has 0 unspecified atom stereocenters. The Balaban J connectivity index is 1.70. The molecule has 2 aromatic rings. The number of nitrogens with zero attached hydrogens (tertiary/aromatic N) is 3.